The summed E-state index contributed by atoms with van der Waals surface area (Å²) in [6.45, 7) is 4.90. The van der Waals surface area contributed by atoms with Crippen LogP contribution in [0.5, 0.6) is 0 Å². The van der Waals surface area contributed by atoms with Gasteiger partial charge < -0.3 is 5.32 Å². The molecule has 0 aliphatic carbocycles. The smallest absolute Gasteiger partial charge is 0.215 e. The average Bonchev–Trinajstić information content (AvgIpc) is 2.63. The Morgan fingerprint density at radius 3 is 2.67 bits per heavy atom. The minimum absolute atomic E-state index is 0.132. The van der Waals surface area contributed by atoms with Crippen LogP contribution in [0.25, 0.3) is 0 Å². The molecule has 0 fully saturated rings. The molecule has 0 spiro atoms. The SMILES string of the molecule is CC(C)NCCS(=O)(=O)N(C)Cc1csc(Br)c1. The Bertz CT molecular complexity index is 471. The van der Waals surface area contributed by atoms with Gasteiger partial charge in [0.25, 0.3) is 0 Å². The lowest BCUT2D eigenvalue weighted by molar-refractivity contribution is 0.464. The quantitative estimate of drug-likeness (QED) is 0.816. The summed E-state index contributed by atoms with van der Waals surface area (Å²) in [5, 5.41) is 5.07. The first kappa shape index (κ1) is 16.1. The second-order valence-corrected chi connectivity index (χ2v) is 8.93. The molecule has 0 bridgehead atoms. The summed E-state index contributed by atoms with van der Waals surface area (Å²) in [7, 11) is -1.56. The molecule has 0 radical (unpaired) electrons. The van der Waals surface area contributed by atoms with E-state index in [-0.39, 0.29) is 5.75 Å². The van der Waals surface area contributed by atoms with E-state index in [1.807, 2.05) is 25.3 Å². The highest BCUT2D eigenvalue weighted by atomic mass is 79.9. The summed E-state index contributed by atoms with van der Waals surface area (Å²) < 4.78 is 26.4. The van der Waals surface area contributed by atoms with Crippen molar-refractivity contribution in [1.82, 2.24) is 9.62 Å². The molecule has 1 N–H and O–H groups in total. The highest BCUT2D eigenvalue weighted by molar-refractivity contribution is 9.11. The second kappa shape index (κ2) is 7.00. The van der Waals surface area contributed by atoms with E-state index < -0.39 is 10.0 Å². The Morgan fingerprint density at radius 2 is 2.17 bits per heavy atom. The van der Waals surface area contributed by atoms with E-state index in [4.69, 9.17) is 0 Å². The van der Waals surface area contributed by atoms with Crippen LogP contribution in [0.3, 0.4) is 0 Å². The number of nitrogens with one attached hydrogen (secondary N) is 1. The van der Waals surface area contributed by atoms with Gasteiger partial charge in [0.1, 0.15) is 0 Å². The van der Waals surface area contributed by atoms with Crippen LogP contribution in [-0.4, -0.2) is 38.1 Å². The predicted octanol–water partition coefficient (Wildman–Crippen LogP) is 2.27. The molecule has 7 heteroatoms. The topological polar surface area (TPSA) is 49.4 Å². The summed E-state index contributed by atoms with van der Waals surface area (Å²) in [6, 6.07) is 2.25. The molecule has 18 heavy (non-hydrogen) atoms. The molecule has 0 aliphatic rings. The fourth-order valence-electron chi connectivity index (χ4n) is 1.42. The third kappa shape index (κ3) is 5.36. The zero-order valence-corrected chi connectivity index (χ0v) is 14.0. The molecular weight excluding hydrogens is 336 g/mol. The van der Waals surface area contributed by atoms with Gasteiger partial charge in [-0.15, -0.1) is 11.3 Å². The lowest BCUT2D eigenvalue weighted by Gasteiger charge is -2.17. The van der Waals surface area contributed by atoms with Gasteiger partial charge in [0.15, 0.2) is 0 Å². The predicted molar refractivity (Wildman–Crippen MR) is 80.4 cm³/mol. The molecule has 1 aromatic rings. The molecule has 1 heterocycles. The number of hydrogen-bond donors (Lipinski definition) is 1. The van der Waals surface area contributed by atoms with E-state index in [2.05, 4.69) is 21.2 Å². The second-order valence-electron chi connectivity index (χ2n) is 4.44. The maximum absolute atomic E-state index is 12.0. The third-order valence-corrected chi connectivity index (χ3v) is 5.77. The van der Waals surface area contributed by atoms with Crippen LogP contribution in [0, 0.1) is 0 Å². The lowest BCUT2D eigenvalue weighted by atomic mass is 10.3. The Kier molecular flexibility index (Phi) is 6.26. The summed E-state index contributed by atoms with van der Waals surface area (Å²) in [4.78, 5) is 0. The van der Waals surface area contributed by atoms with Crippen molar-refractivity contribution in [1.29, 1.82) is 0 Å². The molecule has 0 atom stereocenters. The lowest BCUT2D eigenvalue weighted by Crippen LogP contribution is -2.35. The van der Waals surface area contributed by atoms with Gasteiger partial charge in [0, 0.05) is 26.2 Å². The normalized spacial score (nSPS) is 12.6. The maximum atomic E-state index is 12.0. The fourth-order valence-corrected chi connectivity index (χ4v) is 3.65. The molecular formula is C11H19BrN2O2S2. The van der Waals surface area contributed by atoms with Gasteiger partial charge >= 0.3 is 0 Å². The van der Waals surface area contributed by atoms with Crippen LogP contribution in [-0.2, 0) is 16.6 Å². The van der Waals surface area contributed by atoms with Crippen LogP contribution < -0.4 is 5.32 Å². The van der Waals surface area contributed by atoms with Gasteiger partial charge in [-0.2, -0.15) is 0 Å². The molecule has 0 saturated heterocycles. The van der Waals surface area contributed by atoms with Gasteiger partial charge in [0.05, 0.1) is 9.54 Å². The van der Waals surface area contributed by atoms with Crippen molar-refractivity contribution >= 4 is 37.3 Å². The summed E-state index contributed by atoms with van der Waals surface area (Å²) in [5.41, 5.74) is 1.01. The van der Waals surface area contributed by atoms with E-state index in [0.717, 1.165) is 9.35 Å². The van der Waals surface area contributed by atoms with E-state index >= 15 is 0 Å². The number of hydrogen-bond acceptors (Lipinski definition) is 4. The van der Waals surface area contributed by atoms with Crippen LogP contribution in [0.2, 0.25) is 0 Å². The van der Waals surface area contributed by atoms with Gasteiger partial charge in [-0.1, -0.05) is 13.8 Å². The van der Waals surface area contributed by atoms with Crippen LogP contribution in [0.1, 0.15) is 19.4 Å². The number of nitrogens with zero attached hydrogens (tertiary/aromatic N) is 1. The number of rotatable bonds is 7. The Balaban J connectivity index is 2.51. The number of halogens is 1. The highest BCUT2D eigenvalue weighted by Gasteiger charge is 2.18. The van der Waals surface area contributed by atoms with Gasteiger partial charge in [-0.05, 0) is 32.9 Å². The van der Waals surface area contributed by atoms with E-state index in [1.165, 1.54) is 4.31 Å². The molecule has 0 aliphatic heterocycles. The molecule has 104 valence electrons. The minimum atomic E-state index is -3.18. The molecule has 0 amide bonds. The Hall–Kier alpha value is 0.0500. The molecule has 0 unspecified atom stereocenters. The molecule has 1 aromatic heterocycles. The van der Waals surface area contributed by atoms with Crippen molar-refractivity contribution in [3.05, 3.63) is 20.8 Å². The molecule has 0 aromatic carbocycles. The number of sulfonamides is 1. The van der Waals surface area contributed by atoms with Gasteiger partial charge in [0.2, 0.25) is 10.0 Å². The van der Waals surface area contributed by atoms with Crippen molar-refractivity contribution in [3.63, 3.8) is 0 Å². The largest absolute Gasteiger partial charge is 0.313 e. The average molecular weight is 355 g/mol. The van der Waals surface area contributed by atoms with Crippen LogP contribution in [0.15, 0.2) is 15.2 Å². The third-order valence-electron chi connectivity index (χ3n) is 2.41. The van der Waals surface area contributed by atoms with Gasteiger partial charge in [-0.3, -0.25) is 0 Å². The van der Waals surface area contributed by atoms with Crippen molar-refractivity contribution in [2.75, 3.05) is 19.3 Å². The Morgan fingerprint density at radius 1 is 1.50 bits per heavy atom. The first-order chi connectivity index (χ1) is 8.31. The van der Waals surface area contributed by atoms with Crippen LogP contribution in [0.4, 0.5) is 0 Å². The van der Waals surface area contributed by atoms with E-state index in [9.17, 15) is 8.42 Å². The summed E-state index contributed by atoms with van der Waals surface area (Å²) in [6.07, 6.45) is 0. The minimum Gasteiger partial charge on any atom is -0.313 e. The monoisotopic (exact) mass is 354 g/mol. The van der Waals surface area contributed by atoms with Crippen molar-refractivity contribution in [3.8, 4) is 0 Å². The zero-order chi connectivity index (χ0) is 13.8. The number of thiophene rings is 1. The van der Waals surface area contributed by atoms with Crippen molar-refractivity contribution in [2.45, 2.75) is 26.4 Å². The standard InChI is InChI=1S/C11H19BrN2O2S2/c1-9(2)13-4-5-18(15,16)14(3)7-10-6-11(12)17-8-10/h6,8-9,13H,4-5,7H2,1-3H3. The first-order valence-corrected chi connectivity index (χ1v) is 9.00. The zero-order valence-electron chi connectivity index (χ0n) is 10.8. The molecule has 4 nitrogen and oxygen atoms in total. The fraction of sp³-hybridized carbons (Fsp3) is 0.636. The van der Waals surface area contributed by atoms with Crippen molar-refractivity contribution in [2.24, 2.45) is 0 Å². The summed E-state index contributed by atoms with van der Waals surface area (Å²) in [5.74, 6) is 0.132. The van der Waals surface area contributed by atoms with E-state index in [1.54, 1.807) is 18.4 Å². The van der Waals surface area contributed by atoms with E-state index in [0.29, 0.717) is 19.1 Å². The first-order valence-electron chi connectivity index (χ1n) is 5.71. The highest BCUT2D eigenvalue weighted by Crippen LogP contribution is 2.22. The Labute approximate surface area is 122 Å². The maximum Gasteiger partial charge on any atom is 0.215 e. The summed E-state index contributed by atoms with van der Waals surface area (Å²) >= 11 is 4.93. The van der Waals surface area contributed by atoms with Crippen molar-refractivity contribution < 1.29 is 8.42 Å². The van der Waals surface area contributed by atoms with Crippen LogP contribution >= 0.6 is 27.3 Å². The molecule has 0 saturated carbocycles. The van der Waals surface area contributed by atoms with Gasteiger partial charge in [-0.25, -0.2) is 12.7 Å². The molecule has 1 rings (SSSR count).